The first kappa shape index (κ1) is 19.2. The van der Waals surface area contributed by atoms with Gasteiger partial charge in [0.2, 0.25) is 5.91 Å². The number of hydrogen-bond donors (Lipinski definition) is 2. The number of ether oxygens (including phenoxy) is 1. The van der Waals surface area contributed by atoms with Gasteiger partial charge < -0.3 is 15.4 Å². The molecule has 2 aliphatic rings. The lowest BCUT2D eigenvalue weighted by molar-refractivity contribution is -0.149. The van der Waals surface area contributed by atoms with Gasteiger partial charge in [0.25, 0.3) is 5.91 Å². The molecular weight excluding hydrogens is 368 g/mol. The molecule has 2 aromatic rings. The van der Waals surface area contributed by atoms with Gasteiger partial charge in [-0.05, 0) is 69.0 Å². The van der Waals surface area contributed by atoms with Crippen molar-refractivity contribution in [2.75, 3.05) is 10.6 Å². The summed E-state index contributed by atoms with van der Waals surface area (Å²) in [6.45, 7) is 1.99. The monoisotopic (exact) mass is 392 g/mol. The first-order valence-corrected chi connectivity index (χ1v) is 9.96. The Bertz CT molecular complexity index is 928. The molecule has 0 unspecified atom stereocenters. The van der Waals surface area contributed by atoms with E-state index < -0.39 is 11.5 Å². The third-order valence-corrected chi connectivity index (χ3v) is 5.81. The SMILES string of the molecule is Cc1ccc(NC(=O)c2ccc(NC(=O)[C@@H]3CC(=O)OC34CCCC4)cc2)cc1. The van der Waals surface area contributed by atoms with E-state index in [1.165, 1.54) is 0 Å². The van der Waals surface area contributed by atoms with Gasteiger partial charge in [-0.15, -0.1) is 0 Å². The van der Waals surface area contributed by atoms with Gasteiger partial charge in [0.1, 0.15) is 5.60 Å². The smallest absolute Gasteiger partial charge is 0.307 e. The zero-order chi connectivity index (χ0) is 20.4. The van der Waals surface area contributed by atoms with Crippen molar-refractivity contribution in [2.45, 2.75) is 44.6 Å². The summed E-state index contributed by atoms with van der Waals surface area (Å²) in [4.78, 5) is 37.0. The highest BCUT2D eigenvalue weighted by molar-refractivity contribution is 6.04. The summed E-state index contributed by atoms with van der Waals surface area (Å²) in [6.07, 6.45) is 3.57. The molecule has 1 aliphatic heterocycles. The van der Waals surface area contributed by atoms with Crippen molar-refractivity contribution >= 4 is 29.2 Å². The molecule has 2 N–H and O–H groups in total. The van der Waals surface area contributed by atoms with E-state index in [0.717, 1.165) is 36.9 Å². The molecule has 1 atom stereocenters. The normalized spacial score (nSPS) is 19.8. The lowest BCUT2D eigenvalue weighted by Crippen LogP contribution is -2.39. The van der Waals surface area contributed by atoms with Crippen LogP contribution in [0.3, 0.4) is 0 Å². The number of anilines is 2. The maximum atomic E-state index is 12.8. The molecule has 1 aliphatic carbocycles. The Morgan fingerprint density at radius 3 is 2.17 bits per heavy atom. The fourth-order valence-corrected chi connectivity index (χ4v) is 4.22. The van der Waals surface area contributed by atoms with Crippen LogP contribution in [-0.2, 0) is 14.3 Å². The third-order valence-electron chi connectivity index (χ3n) is 5.81. The second-order valence-electron chi connectivity index (χ2n) is 7.89. The van der Waals surface area contributed by atoms with Crippen molar-refractivity contribution in [1.29, 1.82) is 0 Å². The fraction of sp³-hybridized carbons (Fsp3) is 0.348. The molecule has 1 spiro atoms. The molecule has 4 rings (SSSR count). The van der Waals surface area contributed by atoms with E-state index >= 15 is 0 Å². The van der Waals surface area contributed by atoms with Gasteiger partial charge in [-0.1, -0.05) is 17.7 Å². The number of hydrogen-bond acceptors (Lipinski definition) is 4. The Balaban J connectivity index is 1.40. The summed E-state index contributed by atoms with van der Waals surface area (Å²) in [5, 5.41) is 5.72. The molecule has 2 aromatic carbocycles. The second-order valence-corrected chi connectivity index (χ2v) is 7.89. The Hall–Kier alpha value is -3.15. The first-order valence-electron chi connectivity index (χ1n) is 9.96. The van der Waals surface area contributed by atoms with Crippen LogP contribution in [0.4, 0.5) is 11.4 Å². The summed E-state index contributed by atoms with van der Waals surface area (Å²) in [6, 6.07) is 14.3. The van der Waals surface area contributed by atoms with Crippen molar-refractivity contribution < 1.29 is 19.1 Å². The molecule has 150 valence electrons. The van der Waals surface area contributed by atoms with E-state index in [1.807, 2.05) is 31.2 Å². The number of benzene rings is 2. The number of carbonyl (C=O) groups excluding carboxylic acids is 3. The largest absolute Gasteiger partial charge is 0.458 e. The highest BCUT2D eigenvalue weighted by atomic mass is 16.6. The maximum absolute atomic E-state index is 12.8. The van der Waals surface area contributed by atoms with E-state index in [1.54, 1.807) is 24.3 Å². The average molecular weight is 392 g/mol. The summed E-state index contributed by atoms with van der Waals surface area (Å²) in [5.41, 5.74) is 2.31. The van der Waals surface area contributed by atoms with Crippen LogP contribution in [0.2, 0.25) is 0 Å². The van der Waals surface area contributed by atoms with Crippen molar-refractivity contribution in [3.05, 3.63) is 59.7 Å². The molecule has 1 saturated carbocycles. The molecule has 1 heterocycles. The molecule has 2 amide bonds. The number of esters is 1. The van der Waals surface area contributed by atoms with Crippen LogP contribution in [-0.4, -0.2) is 23.4 Å². The number of carbonyl (C=O) groups is 3. The molecule has 6 heteroatoms. The van der Waals surface area contributed by atoms with Gasteiger partial charge in [0.15, 0.2) is 0 Å². The molecule has 0 bridgehead atoms. The van der Waals surface area contributed by atoms with E-state index in [4.69, 9.17) is 4.74 Å². The van der Waals surface area contributed by atoms with Crippen LogP contribution < -0.4 is 10.6 Å². The highest BCUT2D eigenvalue weighted by Crippen LogP contribution is 2.45. The van der Waals surface area contributed by atoms with Gasteiger partial charge in [-0.3, -0.25) is 14.4 Å². The number of rotatable bonds is 4. The Morgan fingerprint density at radius 1 is 0.931 bits per heavy atom. The fourth-order valence-electron chi connectivity index (χ4n) is 4.22. The quantitative estimate of drug-likeness (QED) is 0.769. The molecule has 1 saturated heterocycles. The van der Waals surface area contributed by atoms with Crippen LogP contribution in [0.25, 0.3) is 0 Å². The van der Waals surface area contributed by atoms with Crippen LogP contribution in [0.1, 0.15) is 48.0 Å². The Morgan fingerprint density at radius 2 is 1.52 bits per heavy atom. The minimum atomic E-state index is -0.630. The summed E-state index contributed by atoms with van der Waals surface area (Å²) in [7, 11) is 0. The predicted molar refractivity (Wildman–Crippen MR) is 110 cm³/mol. The van der Waals surface area contributed by atoms with Crippen LogP contribution in [0.5, 0.6) is 0 Å². The highest BCUT2D eigenvalue weighted by Gasteiger charge is 2.53. The lowest BCUT2D eigenvalue weighted by Gasteiger charge is -2.27. The van der Waals surface area contributed by atoms with Gasteiger partial charge in [0.05, 0.1) is 12.3 Å². The molecular formula is C23H24N2O4. The standard InChI is InChI=1S/C23H24N2O4/c1-15-4-8-17(9-5-15)24-21(27)16-6-10-18(11-7-16)25-22(28)19-14-20(26)29-23(19)12-2-3-13-23/h4-11,19H,2-3,12-14H2,1H3,(H,24,27)(H,25,28)/t19-/m0/s1. The zero-order valence-electron chi connectivity index (χ0n) is 16.4. The van der Waals surface area contributed by atoms with E-state index in [9.17, 15) is 14.4 Å². The third kappa shape index (κ3) is 4.01. The molecule has 6 nitrogen and oxygen atoms in total. The zero-order valence-corrected chi connectivity index (χ0v) is 16.4. The van der Waals surface area contributed by atoms with Crippen molar-refractivity contribution in [1.82, 2.24) is 0 Å². The number of amides is 2. The minimum absolute atomic E-state index is 0.128. The van der Waals surface area contributed by atoms with Crippen molar-refractivity contribution in [2.24, 2.45) is 5.92 Å². The number of nitrogens with one attached hydrogen (secondary N) is 2. The van der Waals surface area contributed by atoms with Crippen molar-refractivity contribution in [3.8, 4) is 0 Å². The Kier molecular flexibility index (Phi) is 5.09. The minimum Gasteiger partial charge on any atom is -0.458 e. The van der Waals surface area contributed by atoms with Gasteiger partial charge in [-0.25, -0.2) is 0 Å². The first-order chi connectivity index (χ1) is 13.9. The lowest BCUT2D eigenvalue weighted by atomic mass is 9.85. The van der Waals surface area contributed by atoms with Crippen LogP contribution in [0.15, 0.2) is 48.5 Å². The van der Waals surface area contributed by atoms with Crippen molar-refractivity contribution in [3.63, 3.8) is 0 Å². The second kappa shape index (κ2) is 7.70. The summed E-state index contributed by atoms with van der Waals surface area (Å²) >= 11 is 0. The van der Waals surface area contributed by atoms with Gasteiger partial charge >= 0.3 is 5.97 Å². The van der Waals surface area contributed by atoms with E-state index in [-0.39, 0.29) is 24.2 Å². The van der Waals surface area contributed by atoms with E-state index in [0.29, 0.717) is 11.3 Å². The summed E-state index contributed by atoms with van der Waals surface area (Å²) in [5.74, 6) is -1.17. The van der Waals surface area contributed by atoms with E-state index in [2.05, 4.69) is 10.6 Å². The molecule has 2 fully saturated rings. The number of aryl methyl sites for hydroxylation is 1. The topological polar surface area (TPSA) is 84.5 Å². The maximum Gasteiger partial charge on any atom is 0.307 e. The average Bonchev–Trinajstić information content (AvgIpc) is 3.30. The van der Waals surface area contributed by atoms with Gasteiger partial charge in [0, 0.05) is 16.9 Å². The molecule has 29 heavy (non-hydrogen) atoms. The Labute approximate surface area is 169 Å². The molecule has 0 radical (unpaired) electrons. The van der Waals surface area contributed by atoms with Crippen LogP contribution >= 0.6 is 0 Å². The molecule has 0 aromatic heterocycles. The van der Waals surface area contributed by atoms with Gasteiger partial charge in [-0.2, -0.15) is 0 Å². The predicted octanol–water partition coefficient (Wildman–Crippen LogP) is 4.06. The summed E-state index contributed by atoms with van der Waals surface area (Å²) < 4.78 is 5.54. The van der Waals surface area contributed by atoms with Crippen LogP contribution in [0, 0.1) is 12.8 Å².